The van der Waals surface area contributed by atoms with Gasteiger partial charge in [0, 0.05) is 12.1 Å². The quantitative estimate of drug-likeness (QED) is 0.798. The Hall–Kier alpha value is -1.48. The molecule has 1 aliphatic rings. The van der Waals surface area contributed by atoms with E-state index in [-0.39, 0.29) is 0 Å². The van der Waals surface area contributed by atoms with Crippen LogP contribution in [0.25, 0.3) is 11.3 Å². The first-order chi connectivity index (χ1) is 9.76. The van der Waals surface area contributed by atoms with Gasteiger partial charge in [0.05, 0.1) is 0 Å². The van der Waals surface area contributed by atoms with E-state index >= 15 is 0 Å². The molecule has 20 heavy (non-hydrogen) atoms. The number of nitrogens with zero attached hydrogens (tertiary/aromatic N) is 1. The van der Waals surface area contributed by atoms with Gasteiger partial charge in [-0.1, -0.05) is 49.8 Å². The molecule has 0 radical (unpaired) electrons. The standard InChI is InChI=1S/C17H20N2S/c1-2-4-16-18-15(11-17(20)19-16)14-9-7-13(8-10-14)12-5-3-6-12/h7-12H,2-6H2,1H3,(H,18,19,20). The van der Waals surface area contributed by atoms with E-state index in [1.807, 2.05) is 6.07 Å². The van der Waals surface area contributed by atoms with Crippen molar-refractivity contribution < 1.29 is 0 Å². The smallest absolute Gasteiger partial charge is 0.130 e. The van der Waals surface area contributed by atoms with Gasteiger partial charge in [0.2, 0.25) is 0 Å². The molecule has 2 aromatic rings. The lowest BCUT2D eigenvalue weighted by atomic mass is 9.80. The summed E-state index contributed by atoms with van der Waals surface area (Å²) in [5.41, 5.74) is 3.74. The van der Waals surface area contributed by atoms with Gasteiger partial charge in [-0.3, -0.25) is 0 Å². The first-order valence-corrected chi connectivity index (χ1v) is 7.87. The molecule has 2 nitrogen and oxygen atoms in total. The van der Waals surface area contributed by atoms with Crippen molar-refractivity contribution in [2.45, 2.75) is 44.9 Å². The van der Waals surface area contributed by atoms with Gasteiger partial charge in [0.15, 0.2) is 0 Å². The summed E-state index contributed by atoms with van der Waals surface area (Å²) >= 11 is 5.27. The third-order valence-electron chi connectivity index (χ3n) is 4.08. The number of aromatic amines is 1. The van der Waals surface area contributed by atoms with Gasteiger partial charge in [-0.05, 0) is 42.4 Å². The fourth-order valence-electron chi connectivity index (χ4n) is 2.70. The average molecular weight is 284 g/mol. The van der Waals surface area contributed by atoms with Crippen LogP contribution in [-0.2, 0) is 6.42 Å². The van der Waals surface area contributed by atoms with Crippen LogP contribution >= 0.6 is 12.2 Å². The number of benzene rings is 1. The van der Waals surface area contributed by atoms with E-state index in [9.17, 15) is 0 Å². The van der Waals surface area contributed by atoms with Crippen LogP contribution in [0.2, 0.25) is 0 Å². The molecule has 104 valence electrons. The molecule has 3 rings (SSSR count). The second kappa shape index (κ2) is 5.88. The van der Waals surface area contributed by atoms with E-state index < -0.39 is 0 Å². The summed E-state index contributed by atoms with van der Waals surface area (Å²) in [4.78, 5) is 7.78. The van der Waals surface area contributed by atoms with Gasteiger partial charge in [0.25, 0.3) is 0 Å². The second-order valence-electron chi connectivity index (χ2n) is 5.58. The van der Waals surface area contributed by atoms with Gasteiger partial charge in [0.1, 0.15) is 10.5 Å². The molecule has 0 bridgehead atoms. The van der Waals surface area contributed by atoms with Crippen LogP contribution in [0.1, 0.15) is 49.9 Å². The second-order valence-corrected chi connectivity index (χ2v) is 6.00. The molecule has 1 aromatic carbocycles. The Balaban J connectivity index is 1.89. The molecular weight excluding hydrogens is 264 g/mol. The minimum absolute atomic E-state index is 0.672. The fourth-order valence-corrected chi connectivity index (χ4v) is 2.92. The summed E-state index contributed by atoms with van der Waals surface area (Å²) in [7, 11) is 0. The van der Waals surface area contributed by atoms with E-state index in [1.54, 1.807) is 0 Å². The first-order valence-electron chi connectivity index (χ1n) is 7.47. The van der Waals surface area contributed by atoms with Crippen LogP contribution in [0.4, 0.5) is 0 Å². The summed E-state index contributed by atoms with van der Waals surface area (Å²) in [6.45, 7) is 2.15. The Labute approximate surface area is 125 Å². The van der Waals surface area contributed by atoms with Crippen LogP contribution in [0.3, 0.4) is 0 Å². The van der Waals surface area contributed by atoms with Crippen molar-refractivity contribution in [3.8, 4) is 11.3 Å². The van der Waals surface area contributed by atoms with Gasteiger partial charge in [-0.2, -0.15) is 0 Å². The Morgan fingerprint density at radius 2 is 2.00 bits per heavy atom. The third-order valence-corrected chi connectivity index (χ3v) is 4.29. The van der Waals surface area contributed by atoms with Crippen molar-refractivity contribution in [3.63, 3.8) is 0 Å². The number of hydrogen-bond acceptors (Lipinski definition) is 2. The van der Waals surface area contributed by atoms with Crippen LogP contribution in [0.15, 0.2) is 30.3 Å². The lowest BCUT2D eigenvalue weighted by Gasteiger charge is -2.25. The Morgan fingerprint density at radius 1 is 1.25 bits per heavy atom. The van der Waals surface area contributed by atoms with E-state index in [4.69, 9.17) is 12.2 Å². The maximum Gasteiger partial charge on any atom is 0.130 e. The number of nitrogens with one attached hydrogen (secondary N) is 1. The predicted octanol–water partition coefficient (Wildman–Crippen LogP) is 5.03. The van der Waals surface area contributed by atoms with Crippen LogP contribution < -0.4 is 0 Å². The SMILES string of the molecule is CCCc1nc(=S)cc(-c2ccc(C3CCC3)cc2)[nH]1. The monoisotopic (exact) mass is 284 g/mol. The molecule has 0 saturated heterocycles. The minimum Gasteiger partial charge on any atom is -0.343 e. The van der Waals surface area contributed by atoms with Crippen molar-refractivity contribution in [2.75, 3.05) is 0 Å². The van der Waals surface area contributed by atoms with Crippen molar-refractivity contribution in [2.24, 2.45) is 0 Å². The van der Waals surface area contributed by atoms with Crippen LogP contribution in [0, 0.1) is 4.64 Å². The molecule has 0 spiro atoms. The van der Waals surface area contributed by atoms with Crippen molar-refractivity contribution >= 4 is 12.2 Å². The van der Waals surface area contributed by atoms with Crippen molar-refractivity contribution in [3.05, 3.63) is 46.4 Å². The van der Waals surface area contributed by atoms with Gasteiger partial charge in [-0.25, -0.2) is 4.98 Å². The summed E-state index contributed by atoms with van der Waals surface area (Å²) in [5, 5.41) is 0. The lowest BCUT2D eigenvalue weighted by Crippen LogP contribution is -2.08. The molecule has 1 saturated carbocycles. The molecule has 1 aliphatic carbocycles. The van der Waals surface area contributed by atoms with Crippen molar-refractivity contribution in [1.82, 2.24) is 9.97 Å². The highest BCUT2D eigenvalue weighted by Gasteiger charge is 2.19. The lowest BCUT2D eigenvalue weighted by molar-refractivity contribution is 0.420. The molecule has 0 amide bonds. The minimum atomic E-state index is 0.672. The summed E-state index contributed by atoms with van der Waals surface area (Å²) < 4.78 is 0.672. The Bertz CT molecular complexity index is 639. The molecule has 0 atom stereocenters. The normalized spacial score (nSPS) is 15.1. The molecule has 1 aromatic heterocycles. The van der Waals surface area contributed by atoms with E-state index in [0.717, 1.165) is 30.3 Å². The molecule has 1 N–H and O–H groups in total. The largest absolute Gasteiger partial charge is 0.343 e. The topological polar surface area (TPSA) is 28.7 Å². The highest BCUT2D eigenvalue weighted by molar-refractivity contribution is 7.71. The maximum absolute atomic E-state index is 5.27. The predicted molar refractivity (Wildman–Crippen MR) is 85.4 cm³/mol. The molecule has 0 aliphatic heterocycles. The fraction of sp³-hybridized carbons (Fsp3) is 0.412. The van der Waals surface area contributed by atoms with E-state index in [2.05, 4.69) is 41.2 Å². The highest BCUT2D eigenvalue weighted by Crippen LogP contribution is 2.36. The molecule has 1 fully saturated rings. The average Bonchev–Trinajstić information content (AvgIpc) is 2.37. The maximum atomic E-state index is 5.27. The molecule has 1 heterocycles. The molecular formula is C17H20N2S. The Morgan fingerprint density at radius 3 is 2.60 bits per heavy atom. The first kappa shape index (κ1) is 13.5. The number of H-pyrrole nitrogens is 1. The third kappa shape index (κ3) is 2.83. The number of aryl methyl sites for hydroxylation is 1. The summed E-state index contributed by atoms with van der Waals surface area (Å²) in [6.07, 6.45) is 6.08. The highest BCUT2D eigenvalue weighted by atomic mass is 32.1. The van der Waals surface area contributed by atoms with Gasteiger partial charge < -0.3 is 4.98 Å². The number of rotatable bonds is 4. The zero-order valence-electron chi connectivity index (χ0n) is 11.9. The molecule has 3 heteroatoms. The van der Waals surface area contributed by atoms with Gasteiger partial charge in [-0.15, -0.1) is 0 Å². The number of hydrogen-bond donors (Lipinski definition) is 1. The van der Waals surface area contributed by atoms with Gasteiger partial charge >= 0.3 is 0 Å². The van der Waals surface area contributed by atoms with Crippen LogP contribution in [0.5, 0.6) is 0 Å². The number of aromatic nitrogens is 2. The Kier molecular flexibility index (Phi) is 3.97. The van der Waals surface area contributed by atoms with Crippen molar-refractivity contribution in [1.29, 1.82) is 0 Å². The van der Waals surface area contributed by atoms with E-state index in [1.165, 1.54) is 30.4 Å². The summed E-state index contributed by atoms with van der Waals surface area (Å²) in [6, 6.07) is 10.9. The zero-order valence-corrected chi connectivity index (χ0v) is 12.7. The molecule has 0 unspecified atom stereocenters. The summed E-state index contributed by atoms with van der Waals surface area (Å²) in [5.74, 6) is 1.77. The zero-order chi connectivity index (χ0) is 13.9. The van der Waals surface area contributed by atoms with E-state index in [0.29, 0.717) is 4.64 Å². The van der Waals surface area contributed by atoms with Crippen LogP contribution in [-0.4, -0.2) is 9.97 Å².